The van der Waals surface area contributed by atoms with Crippen LogP contribution in [-0.4, -0.2) is 25.5 Å². The van der Waals surface area contributed by atoms with Gasteiger partial charge >= 0.3 is 12.3 Å². The highest BCUT2D eigenvalue weighted by atomic mass is 17.3. The lowest BCUT2D eigenvalue weighted by Gasteiger charge is -2.05. The normalized spacial score (nSPS) is 9.90. The number of unbranched alkanes of at least 4 members (excludes halogenated alkanes) is 6. The third-order valence-electron chi connectivity index (χ3n) is 2.61. The van der Waals surface area contributed by atoms with Crippen molar-refractivity contribution < 1.29 is 28.8 Å². The van der Waals surface area contributed by atoms with Crippen molar-refractivity contribution in [1.82, 2.24) is 0 Å². The van der Waals surface area contributed by atoms with Crippen molar-refractivity contribution in [3.8, 4) is 0 Å². The van der Waals surface area contributed by atoms with E-state index >= 15 is 0 Å². The molecule has 0 unspecified atom stereocenters. The van der Waals surface area contributed by atoms with E-state index in [4.69, 9.17) is 9.47 Å². The van der Waals surface area contributed by atoms with Crippen LogP contribution in [0.5, 0.6) is 0 Å². The molecule has 0 saturated carbocycles. The van der Waals surface area contributed by atoms with E-state index < -0.39 is 12.3 Å². The number of ether oxygens (including phenoxy) is 2. The van der Waals surface area contributed by atoms with Gasteiger partial charge in [0.2, 0.25) is 0 Å². The summed E-state index contributed by atoms with van der Waals surface area (Å²) in [6, 6.07) is 0. The summed E-state index contributed by atoms with van der Waals surface area (Å²) in [5.74, 6) is 0. The van der Waals surface area contributed by atoms with Gasteiger partial charge in [0.05, 0.1) is 13.2 Å². The maximum atomic E-state index is 11.0. The van der Waals surface area contributed by atoms with E-state index in [0.717, 1.165) is 51.4 Å². The summed E-state index contributed by atoms with van der Waals surface area (Å²) in [6.07, 6.45) is 5.88. The zero-order chi connectivity index (χ0) is 15.1. The van der Waals surface area contributed by atoms with Crippen molar-refractivity contribution in [3.05, 3.63) is 0 Å². The van der Waals surface area contributed by atoms with Gasteiger partial charge in [-0.25, -0.2) is 0 Å². The first-order valence-corrected chi connectivity index (χ1v) is 7.38. The van der Waals surface area contributed by atoms with Crippen molar-refractivity contribution in [3.63, 3.8) is 0 Å². The van der Waals surface area contributed by atoms with E-state index in [0.29, 0.717) is 0 Å². The molecule has 0 atom stereocenters. The Morgan fingerprint density at radius 3 is 1.40 bits per heavy atom. The topological polar surface area (TPSA) is 71.1 Å². The van der Waals surface area contributed by atoms with Gasteiger partial charge in [0.25, 0.3) is 0 Å². The molecule has 0 amide bonds. The predicted molar refractivity (Wildman–Crippen MR) is 73.2 cm³/mol. The smallest absolute Gasteiger partial charge is 0.432 e. The Kier molecular flexibility index (Phi) is 12.9. The molecule has 0 aliphatic rings. The van der Waals surface area contributed by atoms with E-state index in [1.165, 1.54) is 0 Å². The molecule has 0 bridgehead atoms. The second-order valence-corrected chi connectivity index (χ2v) is 4.48. The van der Waals surface area contributed by atoms with Crippen LogP contribution in [0.3, 0.4) is 0 Å². The molecule has 0 fully saturated rings. The van der Waals surface area contributed by atoms with Crippen LogP contribution < -0.4 is 0 Å². The Hall–Kier alpha value is -1.46. The lowest BCUT2D eigenvalue weighted by molar-refractivity contribution is -0.217. The van der Waals surface area contributed by atoms with E-state index in [-0.39, 0.29) is 13.2 Å². The van der Waals surface area contributed by atoms with Gasteiger partial charge in [-0.3, -0.25) is 0 Å². The largest absolute Gasteiger partial charge is 0.549 e. The predicted octanol–water partition coefficient (Wildman–Crippen LogP) is 4.37. The van der Waals surface area contributed by atoms with E-state index in [1.807, 2.05) is 0 Å². The lowest BCUT2D eigenvalue weighted by atomic mass is 10.2. The Bertz CT molecular complexity index is 228. The molecule has 0 radical (unpaired) electrons. The molecule has 0 aromatic carbocycles. The summed E-state index contributed by atoms with van der Waals surface area (Å²) in [7, 11) is 0. The van der Waals surface area contributed by atoms with Crippen LogP contribution in [0.25, 0.3) is 0 Å². The van der Waals surface area contributed by atoms with Crippen molar-refractivity contribution >= 4 is 12.3 Å². The van der Waals surface area contributed by atoms with Crippen LogP contribution in [0.15, 0.2) is 0 Å². The molecule has 20 heavy (non-hydrogen) atoms. The van der Waals surface area contributed by atoms with Gasteiger partial charge in [-0.1, -0.05) is 52.4 Å². The fourth-order valence-electron chi connectivity index (χ4n) is 1.48. The summed E-state index contributed by atoms with van der Waals surface area (Å²) >= 11 is 0. The van der Waals surface area contributed by atoms with Gasteiger partial charge in [0.1, 0.15) is 0 Å². The van der Waals surface area contributed by atoms with Crippen LogP contribution in [-0.2, 0) is 19.2 Å². The van der Waals surface area contributed by atoms with Crippen molar-refractivity contribution in [2.75, 3.05) is 13.2 Å². The Labute approximate surface area is 120 Å². The standard InChI is InChI=1S/C14H26O6/c1-3-5-7-9-11-17-13(15)19-20-14(16)18-12-10-8-6-4-2/h3-12H2,1-2H3. The zero-order valence-electron chi connectivity index (χ0n) is 12.5. The third-order valence-corrected chi connectivity index (χ3v) is 2.61. The van der Waals surface area contributed by atoms with Crippen molar-refractivity contribution in [1.29, 1.82) is 0 Å². The molecule has 0 aromatic rings. The molecule has 0 N–H and O–H groups in total. The van der Waals surface area contributed by atoms with Gasteiger partial charge in [-0.15, -0.1) is 0 Å². The minimum absolute atomic E-state index is 0.258. The second kappa shape index (κ2) is 14.0. The number of carbonyl (C=O) groups is 2. The molecule has 0 heterocycles. The monoisotopic (exact) mass is 290 g/mol. The molecule has 6 heteroatoms. The molecule has 0 rings (SSSR count). The summed E-state index contributed by atoms with van der Waals surface area (Å²) < 4.78 is 9.41. The first kappa shape index (κ1) is 18.5. The van der Waals surface area contributed by atoms with Crippen LogP contribution >= 0.6 is 0 Å². The highest BCUT2D eigenvalue weighted by molar-refractivity contribution is 5.63. The van der Waals surface area contributed by atoms with Gasteiger partial charge in [-0.05, 0) is 12.8 Å². The molecular formula is C14H26O6. The van der Waals surface area contributed by atoms with Gasteiger partial charge in [0, 0.05) is 0 Å². The maximum Gasteiger partial charge on any atom is 0.549 e. The minimum atomic E-state index is -1.02. The molecule has 0 aromatic heterocycles. The zero-order valence-corrected chi connectivity index (χ0v) is 12.5. The summed E-state index contributed by atoms with van der Waals surface area (Å²) in [6.45, 7) is 4.70. The fourth-order valence-corrected chi connectivity index (χ4v) is 1.48. The van der Waals surface area contributed by atoms with Crippen LogP contribution in [0.4, 0.5) is 9.59 Å². The second-order valence-electron chi connectivity index (χ2n) is 4.48. The lowest BCUT2D eigenvalue weighted by Crippen LogP contribution is -2.14. The summed E-state index contributed by atoms with van der Waals surface area (Å²) in [5, 5.41) is 0. The molecule has 0 aliphatic heterocycles. The van der Waals surface area contributed by atoms with Gasteiger partial charge in [0.15, 0.2) is 0 Å². The average Bonchev–Trinajstić information content (AvgIpc) is 2.44. The first-order valence-electron chi connectivity index (χ1n) is 7.38. The highest BCUT2D eigenvalue weighted by Gasteiger charge is 2.11. The van der Waals surface area contributed by atoms with E-state index in [2.05, 4.69) is 23.6 Å². The quantitative estimate of drug-likeness (QED) is 0.257. The maximum absolute atomic E-state index is 11.0. The first-order chi connectivity index (χ1) is 9.70. The van der Waals surface area contributed by atoms with Crippen LogP contribution in [0.2, 0.25) is 0 Å². The minimum Gasteiger partial charge on any atom is -0.432 e. The van der Waals surface area contributed by atoms with Crippen LogP contribution in [0, 0.1) is 0 Å². The fraction of sp³-hybridized carbons (Fsp3) is 0.857. The Morgan fingerprint density at radius 2 is 1.05 bits per heavy atom. The number of carbonyl (C=O) groups excluding carboxylic acids is 2. The molecule has 0 spiro atoms. The van der Waals surface area contributed by atoms with Crippen molar-refractivity contribution in [2.24, 2.45) is 0 Å². The van der Waals surface area contributed by atoms with Crippen LogP contribution in [0.1, 0.15) is 65.2 Å². The van der Waals surface area contributed by atoms with Gasteiger partial charge in [-0.2, -0.15) is 19.4 Å². The molecule has 0 saturated heterocycles. The van der Waals surface area contributed by atoms with E-state index in [9.17, 15) is 9.59 Å². The Balaban J connectivity index is 3.37. The Morgan fingerprint density at radius 1 is 0.650 bits per heavy atom. The van der Waals surface area contributed by atoms with Crippen molar-refractivity contribution in [2.45, 2.75) is 65.2 Å². The SMILES string of the molecule is CCCCCCOC(=O)OOC(=O)OCCCCCC. The average molecular weight is 290 g/mol. The summed E-state index contributed by atoms with van der Waals surface area (Å²) in [4.78, 5) is 30.3. The van der Waals surface area contributed by atoms with E-state index in [1.54, 1.807) is 0 Å². The molecular weight excluding hydrogens is 264 g/mol. The summed E-state index contributed by atoms with van der Waals surface area (Å²) in [5.41, 5.74) is 0. The number of rotatable bonds is 10. The number of hydrogen-bond acceptors (Lipinski definition) is 6. The number of hydrogen-bond donors (Lipinski definition) is 0. The highest BCUT2D eigenvalue weighted by Crippen LogP contribution is 2.01. The third kappa shape index (κ3) is 13.0. The molecule has 6 nitrogen and oxygen atoms in total. The molecule has 0 aliphatic carbocycles. The van der Waals surface area contributed by atoms with Gasteiger partial charge < -0.3 is 9.47 Å². The molecule has 118 valence electrons.